The van der Waals surface area contributed by atoms with Crippen LogP contribution < -0.4 is 0 Å². The summed E-state index contributed by atoms with van der Waals surface area (Å²) in [5.74, 6) is 0.281. The van der Waals surface area contributed by atoms with E-state index in [2.05, 4.69) is 50.2 Å². The van der Waals surface area contributed by atoms with Gasteiger partial charge in [-0.3, -0.25) is 4.79 Å². The number of carbonyl (C=O) groups excluding carboxylic acids is 1. The molecule has 0 amide bonds. The van der Waals surface area contributed by atoms with E-state index in [0.29, 0.717) is 12.5 Å². The minimum atomic E-state index is -0.582. The van der Waals surface area contributed by atoms with Gasteiger partial charge in [0.25, 0.3) is 0 Å². The highest BCUT2D eigenvalue weighted by Gasteiger charge is 2.41. The lowest BCUT2D eigenvalue weighted by Crippen LogP contribution is -2.42. The predicted molar refractivity (Wildman–Crippen MR) is 105 cm³/mol. The molecule has 0 aromatic heterocycles. The molecule has 0 spiro atoms. The Morgan fingerprint density at radius 1 is 0.960 bits per heavy atom. The van der Waals surface area contributed by atoms with E-state index in [4.69, 9.17) is 5.11 Å². The third-order valence-electron chi connectivity index (χ3n) is 4.81. The molecular formula is C22H31NO2. The molecular weight excluding hydrogens is 310 g/mol. The van der Waals surface area contributed by atoms with Gasteiger partial charge in [0.1, 0.15) is 5.78 Å². The van der Waals surface area contributed by atoms with Crippen molar-refractivity contribution in [2.45, 2.75) is 38.1 Å². The summed E-state index contributed by atoms with van der Waals surface area (Å²) >= 11 is 0. The minimum Gasteiger partial charge on any atom is -0.400 e. The molecule has 1 N–H and O–H groups in total. The molecule has 0 radical (unpaired) electrons. The van der Waals surface area contributed by atoms with Crippen molar-refractivity contribution in [3.63, 3.8) is 0 Å². The first-order chi connectivity index (χ1) is 12.0. The van der Waals surface area contributed by atoms with Gasteiger partial charge in [-0.25, -0.2) is 0 Å². The third kappa shape index (κ3) is 4.77. The van der Waals surface area contributed by atoms with Gasteiger partial charge in [-0.15, -0.1) is 0 Å². The zero-order chi connectivity index (χ0) is 18.9. The van der Waals surface area contributed by atoms with Crippen molar-refractivity contribution in [3.8, 4) is 0 Å². The first kappa shape index (κ1) is 21.1. The highest BCUT2D eigenvalue weighted by atomic mass is 16.2. The number of aliphatic hydroxyl groups is 1. The SMILES string of the molecule is CCC(=O)C(CC(C)N(C)C)(c1ccccc1)c1ccccc1.CO. The molecule has 0 bridgehead atoms. The van der Waals surface area contributed by atoms with Crippen LogP contribution in [-0.2, 0) is 10.2 Å². The lowest BCUT2D eigenvalue weighted by molar-refractivity contribution is -0.123. The molecule has 0 saturated heterocycles. The fourth-order valence-electron chi connectivity index (χ4n) is 3.21. The van der Waals surface area contributed by atoms with E-state index >= 15 is 0 Å². The quantitative estimate of drug-likeness (QED) is 0.830. The Morgan fingerprint density at radius 2 is 1.36 bits per heavy atom. The van der Waals surface area contributed by atoms with E-state index in [1.807, 2.05) is 43.3 Å². The molecule has 0 fully saturated rings. The first-order valence-electron chi connectivity index (χ1n) is 8.78. The monoisotopic (exact) mass is 341 g/mol. The molecule has 3 heteroatoms. The summed E-state index contributed by atoms with van der Waals surface area (Å²) in [4.78, 5) is 15.4. The number of nitrogens with zero attached hydrogens (tertiary/aromatic N) is 1. The topological polar surface area (TPSA) is 40.5 Å². The minimum absolute atomic E-state index is 0.281. The predicted octanol–water partition coefficient (Wildman–Crippen LogP) is 3.90. The lowest BCUT2D eigenvalue weighted by Gasteiger charge is -2.37. The number of ketones is 1. The zero-order valence-electron chi connectivity index (χ0n) is 16.1. The molecule has 0 heterocycles. The van der Waals surface area contributed by atoms with Crippen LogP contribution in [0.5, 0.6) is 0 Å². The number of hydrogen-bond acceptors (Lipinski definition) is 3. The fourth-order valence-corrected chi connectivity index (χ4v) is 3.21. The molecule has 2 aromatic carbocycles. The first-order valence-corrected chi connectivity index (χ1v) is 8.78. The summed E-state index contributed by atoms with van der Waals surface area (Å²) in [6, 6.07) is 20.7. The second kappa shape index (κ2) is 10.1. The van der Waals surface area contributed by atoms with Crippen molar-refractivity contribution in [2.75, 3.05) is 21.2 Å². The van der Waals surface area contributed by atoms with E-state index in [9.17, 15) is 4.79 Å². The molecule has 25 heavy (non-hydrogen) atoms. The normalized spacial score (nSPS) is 12.3. The number of carbonyl (C=O) groups is 1. The van der Waals surface area contributed by atoms with Gasteiger partial charge in [0.05, 0.1) is 5.41 Å². The molecule has 1 unspecified atom stereocenters. The van der Waals surface area contributed by atoms with Crippen LogP contribution in [0.4, 0.5) is 0 Å². The Labute approximate surface area is 152 Å². The Balaban J connectivity index is 0.00000151. The Morgan fingerprint density at radius 3 is 1.68 bits per heavy atom. The van der Waals surface area contributed by atoms with E-state index in [-0.39, 0.29) is 5.78 Å². The zero-order valence-corrected chi connectivity index (χ0v) is 16.1. The van der Waals surface area contributed by atoms with Crippen LogP contribution in [0.3, 0.4) is 0 Å². The van der Waals surface area contributed by atoms with Crippen LogP contribution in [0.1, 0.15) is 37.8 Å². The van der Waals surface area contributed by atoms with Gasteiger partial charge >= 0.3 is 0 Å². The smallest absolute Gasteiger partial charge is 0.147 e. The Hall–Kier alpha value is -1.97. The van der Waals surface area contributed by atoms with E-state index in [0.717, 1.165) is 24.7 Å². The van der Waals surface area contributed by atoms with Gasteiger partial charge in [0, 0.05) is 19.6 Å². The molecule has 3 nitrogen and oxygen atoms in total. The van der Waals surface area contributed by atoms with Gasteiger partial charge < -0.3 is 10.0 Å². The molecule has 2 rings (SSSR count). The molecule has 0 saturated carbocycles. The van der Waals surface area contributed by atoms with E-state index in [1.54, 1.807) is 0 Å². The average Bonchev–Trinajstić information content (AvgIpc) is 2.68. The molecule has 136 valence electrons. The standard InChI is InChI=1S/C21H27NO.CH4O/c1-5-20(23)21(16-17(2)22(3)4,18-12-8-6-9-13-18)19-14-10-7-11-15-19;1-2/h6-15,17H,5,16H2,1-4H3;2H,1H3. The lowest BCUT2D eigenvalue weighted by atomic mass is 9.67. The van der Waals surface area contributed by atoms with Crippen molar-refractivity contribution in [1.29, 1.82) is 0 Å². The fraction of sp³-hybridized carbons (Fsp3) is 0.409. The second-order valence-electron chi connectivity index (χ2n) is 6.43. The summed E-state index contributed by atoms with van der Waals surface area (Å²) < 4.78 is 0. The second-order valence-corrected chi connectivity index (χ2v) is 6.43. The van der Waals surface area contributed by atoms with Crippen LogP contribution in [0.25, 0.3) is 0 Å². The number of rotatable bonds is 7. The Kier molecular flexibility index (Phi) is 8.53. The molecule has 2 aromatic rings. The highest BCUT2D eigenvalue weighted by Crippen LogP contribution is 2.39. The molecule has 1 atom stereocenters. The Bertz CT molecular complexity index is 583. The molecule has 0 aliphatic heterocycles. The maximum Gasteiger partial charge on any atom is 0.147 e. The summed E-state index contributed by atoms with van der Waals surface area (Å²) in [5, 5.41) is 7.00. The maximum absolute atomic E-state index is 13.2. The average molecular weight is 341 g/mol. The van der Waals surface area contributed by atoms with Crippen LogP contribution in [0, 0.1) is 0 Å². The maximum atomic E-state index is 13.2. The van der Waals surface area contributed by atoms with Crippen LogP contribution in [-0.4, -0.2) is 43.0 Å². The molecule has 0 aliphatic carbocycles. The van der Waals surface area contributed by atoms with E-state index < -0.39 is 5.41 Å². The number of Topliss-reactive ketones (excluding diaryl/α,β-unsaturated/α-hetero) is 1. The van der Waals surface area contributed by atoms with Gasteiger partial charge in [-0.1, -0.05) is 67.6 Å². The summed E-state index contributed by atoms with van der Waals surface area (Å²) in [6.45, 7) is 4.15. The van der Waals surface area contributed by atoms with Crippen molar-refractivity contribution in [2.24, 2.45) is 0 Å². The highest BCUT2D eigenvalue weighted by molar-refractivity contribution is 5.93. The van der Waals surface area contributed by atoms with E-state index in [1.165, 1.54) is 0 Å². The number of benzene rings is 2. The molecule has 0 aliphatic rings. The number of hydrogen-bond donors (Lipinski definition) is 1. The van der Waals surface area contributed by atoms with Crippen LogP contribution in [0.2, 0.25) is 0 Å². The third-order valence-corrected chi connectivity index (χ3v) is 4.81. The number of aliphatic hydroxyl groups excluding tert-OH is 1. The van der Waals surface area contributed by atoms with Crippen molar-refractivity contribution in [1.82, 2.24) is 4.90 Å². The van der Waals surface area contributed by atoms with Gasteiger partial charge in [0.2, 0.25) is 0 Å². The van der Waals surface area contributed by atoms with Crippen molar-refractivity contribution in [3.05, 3.63) is 71.8 Å². The van der Waals surface area contributed by atoms with Gasteiger partial charge in [-0.05, 0) is 38.6 Å². The van der Waals surface area contributed by atoms with Crippen molar-refractivity contribution >= 4 is 5.78 Å². The van der Waals surface area contributed by atoms with Crippen molar-refractivity contribution < 1.29 is 9.90 Å². The van der Waals surface area contributed by atoms with Gasteiger partial charge in [0.15, 0.2) is 0 Å². The van der Waals surface area contributed by atoms with Gasteiger partial charge in [-0.2, -0.15) is 0 Å². The van der Waals surface area contributed by atoms with Crippen LogP contribution >= 0.6 is 0 Å². The summed E-state index contributed by atoms with van der Waals surface area (Å²) in [6.07, 6.45) is 1.31. The summed E-state index contributed by atoms with van der Waals surface area (Å²) in [5.41, 5.74) is 1.60. The largest absolute Gasteiger partial charge is 0.400 e. The van der Waals surface area contributed by atoms with Crippen LogP contribution in [0.15, 0.2) is 60.7 Å². The summed E-state index contributed by atoms with van der Waals surface area (Å²) in [7, 11) is 5.14.